The van der Waals surface area contributed by atoms with E-state index in [-0.39, 0.29) is 5.56 Å². The van der Waals surface area contributed by atoms with Gasteiger partial charge in [0.05, 0.1) is 11.3 Å². The number of hydrogen-bond donors (Lipinski definition) is 1. The van der Waals surface area contributed by atoms with Crippen LogP contribution in [-0.4, -0.2) is 31.3 Å². The minimum Gasteiger partial charge on any atom is -0.478 e. The molecule has 2 aromatic rings. The Morgan fingerprint density at radius 3 is 2.76 bits per heavy atom. The van der Waals surface area contributed by atoms with Crippen molar-refractivity contribution in [2.24, 2.45) is 0 Å². The second kappa shape index (κ2) is 5.93. The van der Waals surface area contributed by atoms with E-state index in [9.17, 15) is 9.90 Å². The van der Waals surface area contributed by atoms with Crippen LogP contribution in [0.3, 0.4) is 0 Å². The van der Waals surface area contributed by atoms with E-state index in [4.69, 9.17) is 0 Å². The van der Waals surface area contributed by atoms with Crippen LogP contribution in [0.5, 0.6) is 0 Å². The summed E-state index contributed by atoms with van der Waals surface area (Å²) in [4.78, 5) is 11.5. The maximum absolute atomic E-state index is 11.5. The van der Waals surface area contributed by atoms with Crippen molar-refractivity contribution in [3.8, 4) is 5.69 Å². The molecule has 0 spiro atoms. The zero-order chi connectivity index (χ0) is 14.8. The smallest absolute Gasteiger partial charge is 0.337 e. The Balaban J connectivity index is 2.10. The van der Waals surface area contributed by atoms with Crippen molar-refractivity contribution < 1.29 is 9.90 Å². The normalized spacial score (nSPS) is 16.0. The van der Waals surface area contributed by atoms with E-state index in [1.807, 2.05) is 0 Å². The third-order valence-electron chi connectivity index (χ3n) is 3.89. The number of carboxylic acid groups (broad SMARTS) is 1. The fraction of sp³-hybridized carbons (Fsp3) is 0.429. The van der Waals surface area contributed by atoms with Crippen molar-refractivity contribution >= 4 is 21.9 Å². The van der Waals surface area contributed by atoms with Gasteiger partial charge in [0.25, 0.3) is 0 Å². The molecule has 1 N–H and O–H groups in total. The van der Waals surface area contributed by atoms with Gasteiger partial charge in [-0.15, -0.1) is 5.10 Å². The van der Waals surface area contributed by atoms with Gasteiger partial charge in [-0.2, -0.15) is 4.68 Å². The van der Waals surface area contributed by atoms with Crippen LogP contribution in [0, 0.1) is 0 Å². The fourth-order valence-corrected chi connectivity index (χ4v) is 3.41. The van der Waals surface area contributed by atoms with Gasteiger partial charge in [-0.05, 0) is 51.3 Å². The van der Waals surface area contributed by atoms with Crippen molar-refractivity contribution in [2.75, 3.05) is 0 Å². The molecule has 1 aromatic heterocycles. The van der Waals surface area contributed by atoms with E-state index in [2.05, 4.69) is 31.5 Å². The monoisotopic (exact) mass is 350 g/mol. The molecule has 7 heteroatoms. The van der Waals surface area contributed by atoms with Crippen molar-refractivity contribution in [3.63, 3.8) is 0 Å². The Morgan fingerprint density at radius 1 is 1.29 bits per heavy atom. The molecule has 1 aliphatic carbocycles. The number of carboxylic acids is 1. The van der Waals surface area contributed by atoms with Crippen molar-refractivity contribution in [1.82, 2.24) is 20.2 Å². The highest BCUT2D eigenvalue weighted by molar-refractivity contribution is 9.10. The summed E-state index contributed by atoms with van der Waals surface area (Å²) in [6.07, 6.45) is 5.67. The second-order valence-corrected chi connectivity index (χ2v) is 6.08. The molecule has 0 bridgehead atoms. The first-order valence-corrected chi connectivity index (χ1v) is 7.78. The molecule has 110 valence electrons. The number of aromatic nitrogens is 4. The lowest BCUT2D eigenvalue weighted by Crippen LogP contribution is -2.15. The predicted octanol–water partition coefficient (Wildman–Crippen LogP) is 3.17. The molecule has 1 aromatic carbocycles. The molecule has 0 unspecified atom stereocenters. The molecule has 0 aliphatic heterocycles. The lowest BCUT2D eigenvalue weighted by Gasteiger charge is -2.21. The zero-order valence-electron chi connectivity index (χ0n) is 11.4. The molecule has 1 fully saturated rings. The van der Waals surface area contributed by atoms with Crippen LogP contribution in [0.25, 0.3) is 5.69 Å². The minimum atomic E-state index is -0.989. The molecule has 0 radical (unpaired) electrons. The fourth-order valence-electron chi connectivity index (χ4n) is 2.87. The van der Waals surface area contributed by atoms with Crippen LogP contribution in [0.4, 0.5) is 0 Å². The van der Waals surface area contributed by atoms with Crippen molar-refractivity contribution in [3.05, 3.63) is 34.1 Å². The van der Waals surface area contributed by atoms with Gasteiger partial charge in [0.1, 0.15) is 0 Å². The van der Waals surface area contributed by atoms with E-state index >= 15 is 0 Å². The number of rotatable bonds is 3. The summed E-state index contributed by atoms with van der Waals surface area (Å²) in [6, 6.07) is 5.06. The number of tetrazole rings is 1. The van der Waals surface area contributed by atoms with Crippen LogP contribution in [0.15, 0.2) is 22.7 Å². The van der Waals surface area contributed by atoms with Gasteiger partial charge >= 0.3 is 5.97 Å². The van der Waals surface area contributed by atoms with Crippen LogP contribution >= 0.6 is 15.9 Å². The number of halogens is 1. The summed E-state index contributed by atoms with van der Waals surface area (Å²) < 4.78 is 2.25. The van der Waals surface area contributed by atoms with Gasteiger partial charge in [0.2, 0.25) is 0 Å². The quantitative estimate of drug-likeness (QED) is 0.919. The highest BCUT2D eigenvalue weighted by atomic mass is 79.9. The highest BCUT2D eigenvalue weighted by Gasteiger charge is 2.25. The molecule has 1 heterocycles. The van der Waals surface area contributed by atoms with Gasteiger partial charge in [0.15, 0.2) is 5.82 Å². The molecule has 0 amide bonds. The Hall–Kier alpha value is -1.76. The number of hydrogen-bond acceptors (Lipinski definition) is 4. The summed E-state index contributed by atoms with van der Waals surface area (Å²) in [5.41, 5.74) is 0.685. The average Bonchev–Trinajstić information content (AvgIpc) is 2.96. The first-order valence-electron chi connectivity index (χ1n) is 6.99. The third kappa shape index (κ3) is 2.70. The number of carbonyl (C=O) groups is 1. The maximum atomic E-state index is 11.5. The first-order chi connectivity index (χ1) is 10.2. The first kappa shape index (κ1) is 14.2. The molecule has 0 saturated heterocycles. The summed E-state index contributed by atoms with van der Waals surface area (Å²) >= 11 is 3.42. The maximum Gasteiger partial charge on any atom is 0.337 e. The molecular weight excluding hydrogens is 336 g/mol. The largest absolute Gasteiger partial charge is 0.478 e. The minimum absolute atomic E-state index is 0.189. The summed E-state index contributed by atoms with van der Waals surface area (Å²) in [5, 5.41) is 21.3. The topological polar surface area (TPSA) is 80.9 Å². The number of aromatic carboxylic acids is 1. The number of nitrogens with zero attached hydrogens (tertiary/aromatic N) is 4. The van der Waals surface area contributed by atoms with Gasteiger partial charge in [-0.25, -0.2) is 4.79 Å². The van der Waals surface area contributed by atoms with E-state index < -0.39 is 5.97 Å². The lowest BCUT2D eigenvalue weighted by molar-refractivity contribution is 0.0696. The van der Waals surface area contributed by atoms with E-state index in [0.29, 0.717) is 16.1 Å². The standard InChI is InChI=1S/C14H15BrN4O2/c15-11-8-4-7-10(14(20)21)12(11)19-13(16-17-18-19)9-5-2-1-3-6-9/h4,7-9H,1-3,5-6H2,(H,20,21). The molecule has 1 saturated carbocycles. The Labute approximate surface area is 130 Å². The summed E-state index contributed by atoms with van der Waals surface area (Å²) in [7, 11) is 0. The molecule has 1 aliphatic rings. The van der Waals surface area contributed by atoms with Crippen LogP contribution in [-0.2, 0) is 0 Å². The van der Waals surface area contributed by atoms with E-state index in [0.717, 1.165) is 18.7 Å². The molecule has 21 heavy (non-hydrogen) atoms. The van der Waals surface area contributed by atoms with Crippen LogP contribution in [0.1, 0.15) is 54.2 Å². The van der Waals surface area contributed by atoms with Gasteiger partial charge in [0, 0.05) is 10.4 Å². The summed E-state index contributed by atoms with van der Waals surface area (Å²) in [5.74, 6) is 0.0583. The Kier molecular flexibility index (Phi) is 4.01. The van der Waals surface area contributed by atoms with Crippen LogP contribution in [0.2, 0.25) is 0 Å². The molecular formula is C14H15BrN4O2. The number of benzene rings is 1. The second-order valence-electron chi connectivity index (χ2n) is 5.22. The number of para-hydroxylation sites is 1. The highest BCUT2D eigenvalue weighted by Crippen LogP contribution is 2.34. The Bertz CT molecular complexity index is 665. The van der Waals surface area contributed by atoms with Crippen molar-refractivity contribution in [1.29, 1.82) is 0 Å². The van der Waals surface area contributed by atoms with Gasteiger partial charge in [-0.1, -0.05) is 25.3 Å². The Morgan fingerprint density at radius 2 is 2.05 bits per heavy atom. The zero-order valence-corrected chi connectivity index (χ0v) is 13.0. The van der Waals surface area contributed by atoms with Crippen molar-refractivity contribution in [2.45, 2.75) is 38.0 Å². The molecule has 3 rings (SSSR count). The SMILES string of the molecule is O=C(O)c1cccc(Br)c1-n1nnnc1C1CCCCC1. The van der Waals surface area contributed by atoms with E-state index in [1.54, 1.807) is 22.9 Å². The predicted molar refractivity (Wildman–Crippen MR) is 79.6 cm³/mol. The van der Waals surface area contributed by atoms with Gasteiger partial charge < -0.3 is 5.11 Å². The lowest BCUT2D eigenvalue weighted by atomic mass is 9.88. The molecule has 6 nitrogen and oxygen atoms in total. The van der Waals surface area contributed by atoms with Gasteiger partial charge in [-0.3, -0.25) is 0 Å². The molecule has 0 atom stereocenters. The third-order valence-corrected chi connectivity index (χ3v) is 4.53. The summed E-state index contributed by atoms with van der Waals surface area (Å²) in [6.45, 7) is 0. The van der Waals surface area contributed by atoms with Crippen LogP contribution < -0.4 is 0 Å². The van der Waals surface area contributed by atoms with E-state index in [1.165, 1.54) is 19.3 Å². The average molecular weight is 351 g/mol.